The number of hydrogen-bond donors (Lipinski definition) is 3. The van der Waals surface area contributed by atoms with Crippen molar-refractivity contribution in [3.8, 4) is 0 Å². The molecule has 1 heterocycles. The van der Waals surface area contributed by atoms with Crippen molar-refractivity contribution >= 4 is 33.7 Å². The Bertz CT molecular complexity index is 1490. The van der Waals surface area contributed by atoms with Crippen LogP contribution < -0.4 is 15.4 Å². The fourth-order valence-corrected chi connectivity index (χ4v) is 5.21. The molecule has 0 atom stereocenters. The number of carbonyl (C=O) groups is 4. The van der Waals surface area contributed by atoms with Gasteiger partial charge in [-0.1, -0.05) is 49.6 Å². The molecule has 4 rings (SSSR count). The van der Waals surface area contributed by atoms with Crippen molar-refractivity contribution in [1.82, 2.24) is 20.3 Å². The maximum Gasteiger partial charge on any atom is 0.325 e. The molecule has 3 N–H and O–H groups in total. The van der Waals surface area contributed by atoms with Gasteiger partial charge in [-0.3, -0.25) is 24.2 Å². The Morgan fingerprint density at radius 2 is 1.49 bits per heavy atom. The van der Waals surface area contributed by atoms with Gasteiger partial charge < -0.3 is 15.4 Å². The third kappa shape index (κ3) is 8.45. The van der Waals surface area contributed by atoms with E-state index in [1.165, 1.54) is 36.4 Å². The lowest BCUT2D eigenvalue weighted by Crippen LogP contribution is -2.36. The first kappa shape index (κ1) is 29.4. The molecular weight excluding hydrogens is 548 g/mol. The second-order valence-corrected chi connectivity index (χ2v) is 11.2. The van der Waals surface area contributed by atoms with Crippen molar-refractivity contribution in [3.05, 3.63) is 95.3 Å². The number of rotatable bonds is 10. The average molecular weight is 579 g/mol. The fraction of sp³-hybridized carbons (Fsp3) is 0.276. The molecule has 3 aromatic rings. The molecule has 12 heteroatoms. The van der Waals surface area contributed by atoms with Crippen molar-refractivity contribution in [2.45, 2.75) is 49.6 Å². The van der Waals surface area contributed by atoms with Crippen LogP contribution >= 0.6 is 0 Å². The number of pyridine rings is 1. The van der Waals surface area contributed by atoms with E-state index in [9.17, 15) is 27.6 Å². The number of benzene rings is 2. The molecule has 0 radical (unpaired) electrons. The van der Waals surface area contributed by atoms with E-state index in [1.54, 1.807) is 12.1 Å². The minimum Gasteiger partial charge on any atom is -0.460 e. The molecule has 0 bridgehead atoms. The Morgan fingerprint density at radius 1 is 0.805 bits per heavy atom. The molecular formula is C29H30N4O7S. The van der Waals surface area contributed by atoms with Crippen LogP contribution in [0.4, 0.5) is 0 Å². The molecule has 1 fully saturated rings. The zero-order chi connectivity index (χ0) is 29.2. The minimum atomic E-state index is -4.24. The van der Waals surface area contributed by atoms with Crippen molar-refractivity contribution in [3.63, 3.8) is 0 Å². The lowest BCUT2D eigenvalue weighted by atomic mass is 9.95. The van der Waals surface area contributed by atoms with Gasteiger partial charge in [0, 0.05) is 17.8 Å². The summed E-state index contributed by atoms with van der Waals surface area (Å²) in [5.41, 5.74) is 0.945. The molecule has 0 aliphatic heterocycles. The van der Waals surface area contributed by atoms with Gasteiger partial charge in [-0.05, 0) is 54.8 Å². The highest BCUT2D eigenvalue weighted by molar-refractivity contribution is 7.90. The van der Waals surface area contributed by atoms with Gasteiger partial charge in [0.15, 0.2) is 0 Å². The Labute approximate surface area is 237 Å². The lowest BCUT2D eigenvalue weighted by molar-refractivity contribution is -0.143. The van der Waals surface area contributed by atoms with Gasteiger partial charge in [0.05, 0.1) is 10.5 Å². The highest BCUT2D eigenvalue weighted by Gasteiger charge is 2.21. The van der Waals surface area contributed by atoms with E-state index < -0.39 is 27.8 Å². The summed E-state index contributed by atoms with van der Waals surface area (Å²) in [7, 11) is -4.24. The molecule has 1 aliphatic carbocycles. The van der Waals surface area contributed by atoms with Crippen LogP contribution in [0.3, 0.4) is 0 Å². The third-order valence-corrected chi connectivity index (χ3v) is 7.84. The van der Waals surface area contributed by atoms with Gasteiger partial charge in [-0.15, -0.1) is 0 Å². The van der Waals surface area contributed by atoms with Gasteiger partial charge in [0.1, 0.15) is 18.8 Å². The molecule has 1 aromatic heterocycles. The normalized spacial score (nSPS) is 13.6. The Kier molecular flexibility index (Phi) is 9.80. The van der Waals surface area contributed by atoms with Gasteiger partial charge in [0.2, 0.25) is 0 Å². The Hall–Kier alpha value is -4.58. The summed E-state index contributed by atoms with van der Waals surface area (Å²) in [5.74, 6) is -2.53. The monoisotopic (exact) mass is 578 g/mol. The van der Waals surface area contributed by atoms with E-state index in [1.807, 2.05) is 22.9 Å². The smallest absolute Gasteiger partial charge is 0.325 e. The second-order valence-electron chi connectivity index (χ2n) is 9.53. The zero-order valence-corrected chi connectivity index (χ0v) is 23.0. The van der Waals surface area contributed by atoms with Crippen LogP contribution in [0.1, 0.15) is 68.9 Å². The molecule has 214 valence electrons. The number of nitrogens with zero attached hydrogens (tertiary/aromatic N) is 1. The number of esters is 1. The summed E-state index contributed by atoms with van der Waals surface area (Å²) in [6.07, 6.45) is 6.20. The topological polar surface area (TPSA) is 161 Å². The zero-order valence-electron chi connectivity index (χ0n) is 22.2. The highest BCUT2D eigenvalue weighted by atomic mass is 32.2. The van der Waals surface area contributed by atoms with E-state index in [-0.39, 0.29) is 41.3 Å². The first-order chi connectivity index (χ1) is 19.7. The summed E-state index contributed by atoms with van der Waals surface area (Å²) in [4.78, 5) is 52.9. The molecule has 1 saturated carbocycles. The van der Waals surface area contributed by atoms with Crippen molar-refractivity contribution < 1.29 is 32.3 Å². The van der Waals surface area contributed by atoms with E-state index in [4.69, 9.17) is 4.74 Å². The second kappa shape index (κ2) is 13.7. The molecule has 3 amide bonds. The Balaban J connectivity index is 1.27. The van der Waals surface area contributed by atoms with Crippen molar-refractivity contribution in [2.24, 2.45) is 0 Å². The standard InChI is InChI=1S/C29H30N4O7S/c34-26(40-19-20-7-3-1-4-8-20)18-31-29(37)25-16-13-22(17-30-25)28(36)33-41(38,39)24-14-11-21(12-15-24)27(35)32-23-9-5-2-6-10-23/h1,3-4,7-8,11-17,23H,2,5-6,9-10,18-19H2,(H,31,37)(H,32,35)(H,33,36). The van der Waals surface area contributed by atoms with Crippen LogP contribution in [-0.4, -0.2) is 49.7 Å². The van der Waals surface area contributed by atoms with Crippen LogP contribution in [0, 0.1) is 0 Å². The van der Waals surface area contributed by atoms with Crippen LogP contribution in [0.2, 0.25) is 0 Å². The van der Waals surface area contributed by atoms with Crippen LogP contribution in [0.15, 0.2) is 77.8 Å². The summed E-state index contributed by atoms with van der Waals surface area (Å²) in [5, 5.41) is 5.35. The predicted molar refractivity (Wildman–Crippen MR) is 148 cm³/mol. The summed E-state index contributed by atoms with van der Waals surface area (Å²) in [6, 6.07) is 16.9. The van der Waals surface area contributed by atoms with E-state index in [0.717, 1.165) is 43.9 Å². The van der Waals surface area contributed by atoms with Gasteiger partial charge in [0.25, 0.3) is 27.7 Å². The molecule has 11 nitrogen and oxygen atoms in total. The molecule has 2 aromatic carbocycles. The summed E-state index contributed by atoms with van der Waals surface area (Å²) in [6.45, 7) is -0.310. The highest BCUT2D eigenvalue weighted by Crippen LogP contribution is 2.18. The number of carbonyl (C=O) groups excluding carboxylic acids is 4. The first-order valence-electron chi connectivity index (χ1n) is 13.1. The number of nitrogens with one attached hydrogen (secondary N) is 3. The van der Waals surface area contributed by atoms with Gasteiger partial charge in [-0.2, -0.15) is 0 Å². The third-order valence-electron chi connectivity index (χ3n) is 6.49. The fourth-order valence-electron chi connectivity index (χ4n) is 4.24. The van der Waals surface area contributed by atoms with Crippen molar-refractivity contribution in [1.29, 1.82) is 0 Å². The van der Waals surface area contributed by atoms with Gasteiger partial charge in [-0.25, -0.2) is 13.1 Å². The number of sulfonamides is 1. The molecule has 41 heavy (non-hydrogen) atoms. The number of ether oxygens (including phenoxy) is 1. The largest absolute Gasteiger partial charge is 0.460 e. The quantitative estimate of drug-likeness (QED) is 0.310. The molecule has 0 unspecified atom stereocenters. The van der Waals surface area contributed by atoms with Crippen molar-refractivity contribution in [2.75, 3.05) is 6.54 Å². The summed E-state index contributed by atoms with van der Waals surface area (Å²) >= 11 is 0. The van der Waals surface area contributed by atoms with Crippen LogP contribution in [0.25, 0.3) is 0 Å². The number of hydrogen-bond acceptors (Lipinski definition) is 8. The Morgan fingerprint density at radius 3 is 2.15 bits per heavy atom. The number of aromatic nitrogens is 1. The molecule has 0 saturated heterocycles. The predicted octanol–water partition coefficient (Wildman–Crippen LogP) is 2.74. The van der Waals surface area contributed by atoms with E-state index in [2.05, 4.69) is 15.6 Å². The summed E-state index contributed by atoms with van der Waals surface area (Å²) < 4.78 is 32.5. The average Bonchev–Trinajstić information content (AvgIpc) is 2.99. The number of amides is 3. The molecule has 1 aliphatic rings. The van der Waals surface area contributed by atoms with Gasteiger partial charge >= 0.3 is 5.97 Å². The molecule has 0 spiro atoms. The van der Waals surface area contributed by atoms with Crippen LogP contribution in [-0.2, 0) is 26.2 Å². The maximum absolute atomic E-state index is 12.7. The van der Waals surface area contributed by atoms with E-state index >= 15 is 0 Å². The lowest BCUT2D eigenvalue weighted by Gasteiger charge is -2.22. The van der Waals surface area contributed by atoms with Crippen LogP contribution in [0.5, 0.6) is 0 Å². The maximum atomic E-state index is 12.7. The van der Waals surface area contributed by atoms with E-state index in [0.29, 0.717) is 5.56 Å². The SMILES string of the molecule is O=C(CNC(=O)c1ccc(C(=O)NS(=O)(=O)c2ccc(C(=O)NC3CCCCC3)cc2)cn1)OCc1ccccc1. The minimum absolute atomic E-state index is 0.0698. The first-order valence-corrected chi connectivity index (χ1v) is 14.6.